The summed E-state index contributed by atoms with van der Waals surface area (Å²) in [5.41, 5.74) is 0.592. The van der Waals surface area contributed by atoms with Gasteiger partial charge in [-0.3, -0.25) is 0 Å². The van der Waals surface area contributed by atoms with Crippen LogP contribution in [0.15, 0.2) is 41.4 Å². The van der Waals surface area contributed by atoms with Gasteiger partial charge in [-0.1, -0.05) is 0 Å². The molecule has 0 amide bonds. The van der Waals surface area contributed by atoms with Crippen LogP contribution in [0.3, 0.4) is 0 Å². The highest BCUT2D eigenvalue weighted by Crippen LogP contribution is 2.14. The highest BCUT2D eigenvalue weighted by Gasteiger charge is 2.13. The lowest BCUT2D eigenvalue weighted by Gasteiger charge is -2.06. The lowest BCUT2D eigenvalue weighted by atomic mass is 10.3. The number of phenolic OH excluding ortho intramolecular Hbond substituents is 1. The zero-order chi connectivity index (χ0) is 13.9. The summed E-state index contributed by atoms with van der Waals surface area (Å²) in [6.07, 6.45) is 1.58. The van der Waals surface area contributed by atoms with Crippen molar-refractivity contribution in [1.82, 2.24) is 14.7 Å². The smallest absolute Gasteiger partial charge is 0.240 e. The lowest BCUT2D eigenvalue weighted by molar-refractivity contribution is 0.474. The van der Waals surface area contributed by atoms with Crippen LogP contribution >= 0.6 is 0 Å². The molecule has 6 nitrogen and oxygen atoms in total. The Bertz CT molecular complexity index is 669. The van der Waals surface area contributed by atoms with Crippen LogP contribution in [0.2, 0.25) is 0 Å². The van der Waals surface area contributed by atoms with Crippen LogP contribution in [-0.2, 0) is 16.6 Å². The van der Waals surface area contributed by atoms with E-state index in [1.54, 1.807) is 19.2 Å². The van der Waals surface area contributed by atoms with Gasteiger partial charge >= 0.3 is 0 Å². The number of aromatic nitrogens is 2. The fraction of sp³-hybridized carbons (Fsp3) is 0.167. The van der Waals surface area contributed by atoms with E-state index < -0.39 is 10.0 Å². The largest absolute Gasteiger partial charge is 0.508 e. The Hall–Kier alpha value is -1.99. The molecule has 2 rings (SSSR count). The summed E-state index contributed by atoms with van der Waals surface area (Å²) in [5.74, 6) is 0.603. The van der Waals surface area contributed by atoms with E-state index in [9.17, 15) is 8.42 Å². The Morgan fingerprint density at radius 3 is 2.53 bits per heavy atom. The number of sulfonamides is 1. The van der Waals surface area contributed by atoms with Crippen molar-refractivity contribution in [3.63, 3.8) is 0 Å². The monoisotopic (exact) mass is 279 g/mol. The van der Waals surface area contributed by atoms with Gasteiger partial charge in [-0.2, -0.15) is 0 Å². The predicted octanol–water partition coefficient (Wildman–Crippen LogP) is 0.969. The molecule has 0 fully saturated rings. The minimum Gasteiger partial charge on any atom is -0.508 e. The third-order valence-electron chi connectivity index (χ3n) is 2.42. The van der Waals surface area contributed by atoms with Gasteiger partial charge in [-0.15, -0.1) is 0 Å². The molecule has 1 aromatic carbocycles. The standard InChI is InChI=1S/C12H13N3O3S/c1-9-13-7-6-10(15-9)8-14-19(17,18)12-4-2-11(16)3-5-12/h2-7,14,16H,8H2,1H3. The van der Waals surface area contributed by atoms with E-state index in [2.05, 4.69) is 14.7 Å². The van der Waals surface area contributed by atoms with Gasteiger partial charge in [0.15, 0.2) is 0 Å². The number of nitrogens with zero attached hydrogens (tertiary/aromatic N) is 2. The first-order valence-corrected chi connectivity index (χ1v) is 7.03. The molecule has 2 aromatic rings. The maximum Gasteiger partial charge on any atom is 0.240 e. The number of aryl methyl sites for hydroxylation is 1. The summed E-state index contributed by atoms with van der Waals surface area (Å²) in [6.45, 7) is 1.82. The second-order valence-electron chi connectivity index (χ2n) is 3.91. The summed E-state index contributed by atoms with van der Waals surface area (Å²) in [7, 11) is -3.61. The molecule has 19 heavy (non-hydrogen) atoms. The van der Waals surface area contributed by atoms with Gasteiger partial charge in [-0.05, 0) is 37.3 Å². The van der Waals surface area contributed by atoms with E-state index in [1.807, 2.05) is 0 Å². The quantitative estimate of drug-likeness (QED) is 0.870. The average molecular weight is 279 g/mol. The SMILES string of the molecule is Cc1nccc(CNS(=O)(=O)c2ccc(O)cc2)n1. The van der Waals surface area contributed by atoms with Gasteiger partial charge in [-0.25, -0.2) is 23.1 Å². The van der Waals surface area contributed by atoms with E-state index in [0.717, 1.165) is 0 Å². The van der Waals surface area contributed by atoms with Crippen molar-refractivity contribution >= 4 is 10.0 Å². The van der Waals surface area contributed by atoms with E-state index >= 15 is 0 Å². The molecule has 1 heterocycles. The summed E-state index contributed by atoms with van der Waals surface area (Å²) in [4.78, 5) is 8.14. The predicted molar refractivity (Wildman–Crippen MR) is 68.9 cm³/mol. The maximum atomic E-state index is 12.0. The maximum absolute atomic E-state index is 12.0. The van der Waals surface area contributed by atoms with Crippen molar-refractivity contribution in [3.05, 3.63) is 48.0 Å². The first-order chi connectivity index (χ1) is 8.97. The molecular weight excluding hydrogens is 266 g/mol. The molecule has 2 N–H and O–H groups in total. The molecule has 0 atom stereocenters. The summed E-state index contributed by atoms with van der Waals surface area (Å²) < 4.78 is 26.4. The molecule has 100 valence electrons. The van der Waals surface area contributed by atoms with Crippen LogP contribution in [0.25, 0.3) is 0 Å². The van der Waals surface area contributed by atoms with Gasteiger partial charge in [0.2, 0.25) is 10.0 Å². The molecule has 0 aliphatic rings. The normalized spacial score (nSPS) is 11.4. The lowest BCUT2D eigenvalue weighted by Crippen LogP contribution is -2.23. The Balaban J connectivity index is 2.12. The van der Waals surface area contributed by atoms with Crippen molar-refractivity contribution in [2.45, 2.75) is 18.4 Å². The second-order valence-corrected chi connectivity index (χ2v) is 5.68. The number of phenols is 1. The number of aromatic hydroxyl groups is 1. The molecule has 7 heteroatoms. The summed E-state index contributed by atoms with van der Waals surface area (Å²) in [6, 6.07) is 6.96. The van der Waals surface area contributed by atoms with Crippen LogP contribution in [0, 0.1) is 6.92 Å². The van der Waals surface area contributed by atoms with Gasteiger partial charge in [0, 0.05) is 6.20 Å². The van der Waals surface area contributed by atoms with Crippen molar-refractivity contribution in [2.75, 3.05) is 0 Å². The van der Waals surface area contributed by atoms with E-state index in [4.69, 9.17) is 5.11 Å². The third-order valence-corrected chi connectivity index (χ3v) is 3.84. The van der Waals surface area contributed by atoms with Gasteiger partial charge in [0.1, 0.15) is 11.6 Å². The van der Waals surface area contributed by atoms with Gasteiger partial charge in [0.05, 0.1) is 17.1 Å². The highest BCUT2D eigenvalue weighted by molar-refractivity contribution is 7.89. The molecule has 0 aliphatic carbocycles. The van der Waals surface area contributed by atoms with Crippen LogP contribution < -0.4 is 4.72 Å². The summed E-state index contributed by atoms with van der Waals surface area (Å²) in [5, 5.41) is 9.13. The minimum absolute atomic E-state index is 0.0189. The van der Waals surface area contributed by atoms with Crippen LogP contribution in [0.5, 0.6) is 5.75 Å². The second kappa shape index (κ2) is 5.33. The Morgan fingerprint density at radius 2 is 1.89 bits per heavy atom. The average Bonchev–Trinajstić information content (AvgIpc) is 2.37. The molecule has 0 radical (unpaired) electrons. The number of hydrogen-bond acceptors (Lipinski definition) is 5. The van der Waals surface area contributed by atoms with Crippen LogP contribution in [0.1, 0.15) is 11.5 Å². The zero-order valence-electron chi connectivity index (χ0n) is 10.2. The highest BCUT2D eigenvalue weighted by atomic mass is 32.2. The number of benzene rings is 1. The molecule has 0 saturated carbocycles. The first-order valence-electron chi connectivity index (χ1n) is 5.54. The Morgan fingerprint density at radius 1 is 1.21 bits per heavy atom. The van der Waals surface area contributed by atoms with Crippen LogP contribution in [0.4, 0.5) is 0 Å². The molecule has 1 aromatic heterocycles. The first kappa shape index (κ1) is 13.4. The topological polar surface area (TPSA) is 92.2 Å². The Kier molecular flexibility index (Phi) is 3.77. The molecule has 0 aliphatic heterocycles. The van der Waals surface area contributed by atoms with Crippen molar-refractivity contribution in [2.24, 2.45) is 0 Å². The van der Waals surface area contributed by atoms with Crippen molar-refractivity contribution < 1.29 is 13.5 Å². The van der Waals surface area contributed by atoms with E-state index in [-0.39, 0.29) is 17.2 Å². The third kappa shape index (κ3) is 3.49. The van der Waals surface area contributed by atoms with Crippen molar-refractivity contribution in [1.29, 1.82) is 0 Å². The number of hydrogen-bond donors (Lipinski definition) is 2. The fourth-order valence-electron chi connectivity index (χ4n) is 1.48. The molecule has 0 unspecified atom stereocenters. The zero-order valence-corrected chi connectivity index (χ0v) is 11.1. The Labute approximate surface area is 111 Å². The number of rotatable bonds is 4. The van der Waals surface area contributed by atoms with Gasteiger partial charge < -0.3 is 5.11 Å². The van der Waals surface area contributed by atoms with Crippen LogP contribution in [-0.4, -0.2) is 23.5 Å². The molecule has 0 bridgehead atoms. The summed E-state index contributed by atoms with van der Waals surface area (Å²) >= 11 is 0. The van der Waals surface area contributed by atoms with E-state index in [1.165, 1.54) is 24.3 Å². The number of nitrogens with one attached hydrogen (secondary N) is 1. The minimum atomic E-state index is -3.61. The molecule has 0 spiro atoms. The fourth-order valence-corrected chi connectivity index (χ4v) is 2.48. The van der Waals surface area contributed by atoms with E-state index in [0.29, 0.717) is 11.5 Å². The molecule has 0 saturated heterocycles. The van der Waals surface area contributed by atoms with Gasteiger partial charge in [0.25, 0.3) is 0 Å². The molecular formula is C12H13N3O3S. The van der Waals surface area contributed by atoms with Crippen molar-refractivity contribution in [3.8, 4) is 5.75 Å².